The highest BCUT2D eigenvalue weighted by Crippen LogP contribution is 2.26. The minimum atomic E-state index is -0.523. The van der Waals surface area contributed by atoms with Crippen LogP contribution < -0.4 is 14.8 Å². The monoisotopic (exact) mass is 462 g/mol. The van der Waals surface area contributed by atoms with E-state index in [2.05, 4.69) is 15.5 Å². The predicted octanol–water partition coefficient (Wildman–Crippen LogP) is 3.93. The molecule has 2 aromatic heterocycles. The number of nitrogens with zero attached hydrogens (tertiary/aromatic N) is 5. The second-order valence-electron chi connectivity index (χ2n) is 7.50. The van der Waals surface area contributed by atoms with Crippen molar-refractivity contribution in [2.24, 2.45) is 0 Å². The van der Waals surface area contributed by atoms with Crippen molar-refractivity contribution < 1.29 is 19.2 Å². The fraction of sp³-hybridized carbons (Fsp3) is 0.174. The van der Waals surface area contributed by atoms with Gasteiger partial charge < -0.3 is 14.8 Å². The molecule has 2 aromatic carbocycles. The first-order chi connectivity index (χ1) is 16.4. The number of carbonyl (C=O) groups excluding carboxylic acids is 1. The van der Waals surface area contributed by atoms with Crippen LogP contribution in [0.2, 0.25) is 0 Å². The molecule has 174 valence electrons. The molecular formula is C23H22N6O5. The molecule has 0 atom stereocenters. The van der Waals surface area contributed by atoms with Crippen LogP contribution in [0, 0.1) is 24.0 Å². The van der Waals surface area contributed by atoms with E-state index in [1.165, 1.54) is 29.1 Å². The summed E-state index contributed by atoms with van der Waals surface area (Å²) in [5, 5.41) is 22.1. The summed E-state index contributed by atoms with van der Waals surface area (Å²) in [7, 11) is 0. The van der Waals surface area contributed by atoms with E-state index in [1.807, 2.05) is 32.0 Å². The van der Waals surface area contributed by atoms with Crippen LogP contribution in [0.4, 0.5) is 11.4 Å². The van der Waals surface area contributed by atoms with Crippen LogP contribution in [0.25, 0.3) is 0 Å². The Balaban J connectivity index is 1.32. The molecule has 4 rings (SSSR count). The van der Waals surface area contributed by atoms with Crippen LogP contribution in [0.3, 0.4) is 0 Å². The van der Waals surface area contributed by atoms with E-state index in [-0.39, 0.29) is 30.6 Å². The molecule has 0 radical (unpaired) electrons. The summed E-state index contributed by atoms with van der Waals surface area (Å²) < 4.78 is 14.2. The van der Waals surface area contributed by atoms with E-state index in [1.54, 1.807) is 29.2 Å². The molecule has 0 aliphatic carbocycles. The van der Waals surface area contributed by atoms with Crippen molar-refractivity contribution in [1.82, 2.24) is 19.6 Å². The molecule has 0 aliphatic rings. The van der Waals surface area contributed by atoms with E-state index in [0.29, 0.717) is 5.69 Å². The molecule has 0 spiro atoms. The number of benzene rings is 2. The summed E-state index contributed by atoms with van der Waals surface area (Å²) in [5.41, 5.74) is 2.68. The molecule has 11 heteroatoms. The van der Waals surface area contributed by atoms with Gasteiger partial charge in [-0.2, -0.15) is 10.2 Å². The zero-order chi connectivity index (χ0) is 24.1. The number of rotatable bonds is 9. The van der Waals surface area contributed by atoms with Crippen molar-refractivity contribution in [2.75, 3.05) is 5.32 Å². The number of aryl methyl sites for hydroxylation is 2. The number of nitrogens with one attached hydrogen (secondary N) is 1. The van der Waals surface area contributed by atoms with Crippen molar-refractivity contribution in [1.29, 1.82) is 0 Å². The summed E-state index contributed by atoms with van der Waals surface area (Å²) >= 11 is 0. The number of ether oxygens (including phenoxy) is 2. The molecule has 34 heavy (non-hydrogen) atoms. The summed E-state index contributed by atoms with van der Waals surface area (Å²) in [4.78, 5) is 23.1. The van der Waals surface area contributed by atoms with Gasteiger partial charge in [0.15, 0.2) is 24.9 Å². The molecule has 0 fully saturated rings. The molecule has 4 aromatic rings. The second-order valence-corrected chi connectivity index (χ2v) is 7.50. The molecule has 0 aliphatic heterocycles. The summed E-state index contributed by atoms with van der Waals surface area (Å²) in [6, 6.07) is 13.5. The van der Waals surface area contributed by atoms with Gasteiger partial charge in [0, 0.05) is 12.3 Å². The summed E-state index contributed by atoms with van der Waals surface area (Å²) in [6.07, 6.45) is 4.71. The maximum Gasteiger partial charge on any atom is 0.311 e. The number of hydrogen-bond donors (Lipinski definition) is 1. The van der Waals surface area contributed by atoms with Gasteiger partial charge in [-0.3, -0.25) is 14.9 Å². The topological polar surface area (TPSA) is 126 Å². The van der Waals surface area contributed by atoms with Crippen LogP contribution in [0.1, 0.15) is 21.6 Å². The van der Waals surface area contributed by atoms with Crippen molar-refractivity contribution in [2.45, 2.75) is 27.3 Å². The first-order valence-electron chi connectivity index (χ1n) is 10.3. The quantitative estimate of drug-likeness (QED) is 0.295. The van der Waals surface area contributed by atoms with Crippen molar-refractivity contribution >= 4 is 17.3 Å². The highest BCUT2D eigenvalue weighted by molar-refractivity contribution is 6.02. The molecule has 11 nitrogen and oxygen atoms in total. The fourth-order valence-corrected chi connectivity index (χ4v) is 3.21. The Labute approximate surface area is 194 Å². The Morgan fingerprint density at radius 1 is 1.06 bits per heavy atom. The van der Waals surface area contributed by atoms with Crippen LogP contribution >= 0.6 is 0 Å². The Kier molecular flexibility index (Phi) is 6.53. The summed E-state index contributed by atoms with van der Waals surface area (Å²) in [5.74, 6) is 0.448. The smallest absolute Gasteiger partial charge is 0.311 e. The highest BCUT2D eigenvalue weighted by Gasteiger charge is 2.15. The molecule has 1 amide bonds. The molecular weight excluding hydrogens is 440 g/mol. The van der Waals surface area contributed by atoms with Gasteiger partial charge in [0.05, 0.1) is 23.0 Å². The zero-order valence-corrected chi connectivity index (χ0v) is 18.5. The largest absolute Gasteiger partial charge is 0.471 e. The number of carbonyl (C=O) groups is 1. The molecule has 1 N–H and O–H groups in total. The number of para-hydroxylation sites is 2. The lowest BCUT2D eigenvalue weighted by Gasteiger charge is -2.09. The third-order valence-corrected chi connectivity index (χ3v) is 4.86. The number of amides is 1. The normalized spacial score (nSPS) is 10.6. The summed E-state index contributed by atoms with van der Waals surface area (Å²) in [6.45, 7) is 4.09. The predicted molar refractivity (Wildman–Crippen MR) is 123 cm³/mol. The van der Waals surface area contributed by atoms with Crippen LogP contribution in [-0.4, -0.2) is 30.4 Å². The van der Waals surface area contributed by atoms with Crippen molar-refractivity contribution in [3.8, 4) is 11.5 Å². The second kappa shape index (κ2) is 9.86. The van der Waals surface area contributed by atoms with E-state index in [9.17, 15) is 14.9 Å². The van der Waals surface area contributed by atoms with Gasteiger partial charge in [0.2, 0.25) is 0 Å². The Morgan fingerprint density at radius 2 is 1.82 bits per heavy atom. The lowest BCUT2D eigenvalue weighted by atomic mass is 10.1. The van der Waals surface area contributed by atoms with Gasteiger partial charge >= 0.3 is 5.69 Å². The van der Waals surface area contributed by atoms with E-state index < -0.39 is 10.8 Å². The first kappa shape index (κ1) is 22.5. The molecule has 2 heterocycles. The Hall–Kier alpha value is -4.67. The van der Waals surface area contributed by atoms with Gasteiger partial charge in [0.25, 0.3) is 5.91 Å². The van der Waals surface area contributed by atoms with Gasteiger partial charge in [-0.1, -0.05) is 29.8 Å². The van der Waals surface area contributed by atoms with Crippen LogP contribution in [0.5, 0.6) is 11.5 Å². The number of aromatic nitrogens is 4. The number of hydrogen-bond acceptors (Lipinski definition) is 7. The third-order valence-electron chi connectivity index (χ3n) is 4.86. The van der Waals surface area contributed by atoms with Gasteiger partial charge in [-0.05, 0) is 37.6 Å². The number of nitro benzene ring substituents is 1. The molecule has 0 saturated carbocycles. The molecule has 0 unspecified atom stereocenters. The van der Waals surface area contributed by atoms with Crippen LogP contribution in [0.15, 0.2) is 67.1 Å². The van der Waals surface area contributed by atoms with Gasteiger partial charge in [-0.15, -0.1) is 0 Å². The lowest BCUT2D eigenvalue weighted by molar-refractivity contribution is -0.386. The Morgan fingerprint density at radius 3 is 2.62 bits per heavy atom. The standard InChI is InChI=1S/C23H22N6O5/c1-16-7-8-21(17(2)11-16)33-15-28-13-18(12-24-28)25-23(30)19-9-10-27(26-19)14-34-22-6-4-3-5-20(22)29(31)32/h3-13H,14-15H2,1-2H3,(H,25,30). The average molecular weight is 462 g/mol. The van der Waals surface area contributed by atoms with E-state index in [4.69, 9.17) is 9.47 Å². The maximum atomic E-state index is 12.5. The zero-order valence-electron chi connectivity index (χ0n) is 18.5. The average Bonchev–Trinajstić information content (AvgIpc) is 3.47. The lowest BCUT2D eigenvalue weighted by Crippen LogP contribution is -2.14. The van der Waals surface area contributed by atoms with Crippen LogP contribution in [-0.2, 0) is 13.5 Å². The maximum absolute atomic E-state index is 12.5. The fourth-order valence-electron chi connectivity index (χ4n) is 3.21. The molecule has 0 bridgehead atoms. The van der Waals surface area contributed by atoms with Crippen molar-refractivity contribution in [3.05, 3.63) is 94.1 Å². The SMILES string of the molecule is Cc1ccc(OCn2cc(NC(=O)c3ccn(COc4ccccc4[N+](=O)[O-])n3)cn2)c(C)c1. The minimum absolute atomic E-state index is 0.0914. The minimum Gasteiger partial charge on any atom is -0.471 e. The van der Waals surface area contributed by atoms with E-state index in [0.717, 1.165) is 16.9 Å². The van der Waals surface area contributed by atoms with Gasteiger partial charge in [0.1, 0.15) is 5.75 Å². The molecule has 0 saturated heterocycles. The number of anilines is 1. The Bertz CT molecular complexity index is 1330. The number of nitro groups is 1. The van der Waals surface area contributed by atoms with Crippen molar-refractivity contribution in [3.63, 3.8) is 0 Å². The first-order valence-corrected chi connectivity index (χ1v) is 10.3. The van der Waals surface area contributed by atoms with Gasteiger partial charge in [-0.25, -0.2) is 9.36 Å². The highest BCUT2D eigenvalue weighted by atomic mass is 16.6. The third kappa shape index (κ3) is 5.38. The van der Waals surface area contributed by atoms with E-state index >= 15 is 0 Å².